The predicted octanol–water partition coefficient (Wildman–Crippen LogP) is 5.84. The van der Waals surface area contributed by atoms with Crippen molar-refractivity contribution in [3.05, 3.63) is 101 Å². The van der Waals surface area contributed by atoms with E-state index < -0.39 is 30.0 Å². The van der Waals surface area contributed by atoms with Gasteiger partial charge in [-0.15, -0.1) is 0 Å². The summed E-state index contributed by atoms with van der Waals surface area (Å²) >= 11 is 0. The first-order chi connectivity index (χ1) is 23.6. The molecule has 5 atom stereocenters. The van der Waals surface area contributed by atoms with Crippen LogP contribution >= 0.6 is 0 Å². The zero-order valence-corrected chi connectivity index (χ0v) is 28.8. The van der Waals surface area contributed by atoms with E-state index in [4.69, 9.17) is 4.74 Å². The fraction of sp³-hybridized carbons (Fsp3) is 0.475. The number of benzene rings is 3. The quantitative estimate of drug-likeness (QED) is 0.356. The molecule has 3 aromatic carbocycles. The topological polar surface area (TPSA) is 93.6 Å². The smallest absolute Gasteiger partial charge is 0.415 e. The van der Waals surface area contributed by atoms with Gasteiger partial charge in [-0.3, -0.25) is 19.4 Å². The molecule has 0 saturated carbocycles. The molecular weight excluding hydrogens is 616 g/mol. The van der Waals surface area contributed by atoms with Crippen molar-refractivity contribution in [3.8, 4) is 0 Å². The Morgan fingerprint density at radius 1 is 0.796 bits per heavy atom. The molecule has 5 unspecified atom stereocenters. The van der Waals surface area contributed by atoms with Crippen molar-refractivity contribution in [2.24, 2.45) is 0 Å². The van der Waals surface area contributed by atoms with Gasteiger partial charge in [-0.1, -0.05) is 72.8 Å². The van der Waals surface area contributed by atoms with E-state index in [2.05, 4.69) is 17.0 Å². The molecule has 7 rings (SSSR count). The fourth-order valence-electron chi connectivity index (χ4n) is 8.34. The molecule has 3 aromatic rings. The molecule has 4 heterocycles. The monoisotopic (exact) mass is 664 g/mol. The summed E-state index contributed by atoms with van der Waals surface area (Å²) < 4.78 is 5.84. The lowest BCUT2D eigenvalue weighted by molar-refractivity contribution is -0.149. The number of hydrogen-bond donors (Lipinski definition) is 1. The number of likely N-dealkylation sites (tertiary alicyclic amines) is 2. The van der Waals surface area contributed by atoms with E-state index in [-0.39, 0.29) is 23.9 Å². The van der Waals surface area contributed by atoms with E-state index in [1.807, 2.05) is 92.4 Å². The van der Waals surface area contributed by atoms with Crippen LogP contribution < -0.4 is 4.90 Å². The lowest BCUT2D eigenvalue weighted by Gasteiger charge is -2.42. The van der Waals surface area contributed by atoms with Crippen molar-refractivity contribution >= 4 is 23.6 Å². The highest BCUT2D eigenvalue weighted by Gasteiger charge is 2.50. The summed E-state index contributed by atoms with van der Waals surface area (Å²) in [4.78, 5) is 51.1. The van der Waals surface area contributed by atoms with E-state index in [1.165, 1.54) is 10.5 Å². The van der Waals surface area contributed by atoms with E-state index in [0.717, 1.165) is 42.6 Å². The number of aliphatic hydroxyl groups excluding tert-OH is 1. The first-order valence-electron chi connectivity index (χ1n) is 17.9. The molecule has 9 nitrogen and oxygen atoms in total. The molecule has 4 aliphatic heterocycles. The number of anilines is 1. The molecule has 4 aliphatic rings. The Labute approximate surface area is 289 Å². The first kappa shape index (κ1) is 33.3. The van der Waals surface area contributed by atoms with Crippen LogP contribution in [0, 0.1) is 0 Å². The summed E-state index contributed by atoms with van der Waals surface area (Å²) in [6.45, 7) is 7.61. The Morgan fingerprint density at radius 3 is 2.16 bits per heavy atom. The highest BCUT2D eigenvalue weighted by atomic mass is 16.6. The van der Waals surface area contributed by atoms with Crippen LogP contribution in [-0.4, -0.2) is 80.8 Å². The van der Waals surface area contributed by atoms with Crippen LogP contribution in [0.2, 0.25) is 0 Å². The van der Waals surface area contributed by atoms with Crippen LogP contribution in [0.25, 0.3) is 0 Å². The van der Waals surface area contributed by atoms with Crippen LogP contribution in [0.3, 0.4) is 0 Å². The molecule has 0 spiro atoms. The number of rotatable bonds is 6. The minimum absolute atomic E-state index is 0.0979. The van der Waals surface area contributed by atoms with E-state index in [0.29, 0.717) is 44.3 Å². The second kappa shape index (κ2) is 13.6. The third-order valence-electron chi connectivity index (χ3n) is 10.6. The average Bonchev–Trinajstić information content (AvgIpc) is 3.86. The normalized spacial score (nSPS) is 24.4. The Balaban J connectivity index is 1.23. The Kier molecular flexibility index (Phi) is 9.24. The van der Waals surface area contributed by atoms with Gasteiger partial charge >= 0.3 is 6.09 Å². The van der Waals surface area contributed by atoms with Gasteiger partial charge in [-0.25, -0.2) is 4.79 Å². The van der Waals surface area contributed by atoms with E-state index in [9.17, 15) is 14.7 Å². The Bertz CT molecular complexity index is 1680. The van der Waals surface area contributed by atoms with Crippen LogP contribution in [-0.2, 0) is 33.7 Å². The van der Waals surface area contributed by atoms with Crippen LogP contribution in [0.5, 0.6) is 0 Å². The number of fused-ring (bicyclic) bond motifs is 2. The molecule has 9 heteroatoms. The number of carbonyl (C=O) groups is 3. The molecular formula is C40H48N4O5. The van der Waals surface area contributed by atoms with Crippen molar-refractivity contribution in [1.29, 1.82) is 0 Å². The molecule has 258 valence electrons. The summed E-state index contributed by atoms with van der Waals surface area (Å²) in [5.41, 5.74) is 4.07. The largest absolute Gasteiger partial charge is 0.443 e. The summed E-state index contributed by atoms with van der Waals surface area (Å²) in [5, 5.41) is 11.3. The van der Waals surface area contributed by atoms with Gasteiger partial charge in [-0.2, -0.15) is 0 Å². The highest BCUT2D eigenvalue weighted by Crippen LogP contribution is 2.42. The maximum absolute atomic E-state index is 15.1. The van der Waals surface area contributed by atoms with Gasteiger partial charge in [0, 0.05) is 38.5 Å². The number of ether oxygens (including phenoxy) is 1. The van der Waals surface area contributed by atoms with Crippen LogP contribution in [0.15, 0.2) is 78.9 Å². The number of hydrogen-bond acceptors (Lipinski definition) is 6. The van der Waals surface area contributed by atoms with Crippen molar-refractivity contribution in [2.45, 2.75) is 108 Å². The molecule has 3 amide bonds. The Hall–Kier alpha value is -4.21. The minimum Gasteiger partial charge on any atom is -0.443 e. The standard InChI is InChI=1S/C40H48N4O5/c1-40(2,3)49-39(48)44-32-18-10-9-16-29(32)24-35(44)38(47)43-33(27-13-5-4-6-14-27)19-20-34(43)37(46)42-26-30-17-8-7-15-28(30)23-31(42)25-36(45)41-21-11-12-22-41/h4-10,13-18,31,33-36,45H,11-12,19-26H2,1-3H3. The summed E-state index contributed by atoms with van der Waals surface area (Å²) in [6, 6.07) is 23.6. The molecule has 0 aliphatic carbocycles. The first-order valence-corrected chi connectivity index (χ1v) is 17.9. The number of carbonyl (C=O) groups excluding carboxylic acids is 3. The zero-order valence-electron chi connectivity index (χ0n) is 28.8. The van der Waals surface area contributed by atoms with Crippen LogP contribution in [0.1, 0.15) is 81.2 Å². The SMILES string of the molecule is CC(C)(C)OC(=O)N1c2ccccc2CC1C(=O)N1C(C(=O)N2Cc3ccccc3CC2CC(O)N2CCCC2)CCC1c1ccccc1. The van der Waals surface area contributed by atoms with Gasteiger partial charge < -0.3 is 19.6 Å². The third-order valence-corrected chi connectivity index (χ3v) is 10.6. The van der Waals surface area contributed by atoms with Gasteiger partial charge in [-0.05, 0) is 81.2 Å². The van der Waals surface area contributed by atoms with Crippen molar-refractivity contribution < 1.29 is 24.2 Å². The van der Waals surface area contributed by atoms with Crippen molar-refractivity contribution in [1.82, 2.24) is 14.7 Å². The maximum atomic E-state index is 15.1. The molecule has 1 N–H and O–H groups in total. The second-order valence-electron chi connectivity index (χ2n) is 15.0. The third kappa shape index (κ3) is 6.71. The Morgan fingerprint density at radius 2 is 1.45 bits per heavy atom. The molecule has 0 bridgehead atoms. The van der Waals surface area contributed by atoms with Gasteiger partial charge in [0.2, 0.25) is 11.8 Å². The van der Waals surface area contributed by atoms with Crippen molar-refractivity contribution in [3.63, 3.8) is 0 Å². The van der Waals surface area contributed by atoms with E-state index in [1.54, 1.807) is 4.90 Å². The molecule has 0 aromatic heterocycles. The number of para-hydroxylation sites is 1. The number of amides is 3. The lowest BCUT2D eigenvalue weighted by Crippen LogP contribution is -2.57. The van der Waals surface area contributed by atoms with Crippen LogP contribution in [0.4, 0.5) is 10.5 Å². The summed E-state index contributed by atoms with van der Waals surface area (Å²) in [5.74, 6) is -0.350. The fourth-order valence-corrected chi connectivity index (χ4v) is 8.34. The van der Waals surface area contributed by atoms with Gasteiger partial charge in [0.25, 0.3) is 0 Å². The van der Waals surface area contributed by atoms with Gasteiger partial charge in [0.1, 0.15) is 23.9 Å². The van der Waals surface area contributed by atoms with Gasteiger partial charge in [0.05, 0.1) is 11.7 Å². The minimum atomic E-state index is -0.846. The lowest BCUT2D eigenvalue weighted by atomic mass is 9.91. The molecule has 0 radical (unpaired) electrons. The maximum Gasteiger partial charge on any atom is 0.415 e. The number of nitrogens with zero attached hydrogens (tertiary/aromatic N) is 4. The molecule has 49 heavy (non-hydrogen) atoms. The highest BCUT2D eigenvalue weighted by molar-refractivity contribution is 6.02. The van der Waals surface area contributed by atoms with Crippen molar-refractivity contribution in [2.75, 3.05) is 18.0 Å². The molecule has 2 fully saturated rings. The zero-order chi connectivity index (χ0) is 34.3. The summed E-state index contributed by atoms with van der Waals surface area (Å²) in [7, 11) is 0. The molecule has 2 saturated heterocycles. The second-order valence-corrected chi connectivity index (χ2v) is 15.0. The van der Waals surface area contributed by atoms with E-state index >= 15 is 4.79 Å². The predicted molar refractivity (Wildman–Crippen MR) is 188 cm³/mol. The number of aliphatic hydroxyl groups is 1. The summed E-state index contributed by atoms with van der Waals surface area (Å²) in [6.07, 6.45) is 3.52. The average molecular weight is 665 g/mol. The van der Waals surface area contributed by atoms with Gasteiger partial charge in [0.15, 0.2) is 0 Å².